The zero-order valence-electron chi connectivity index (χ0n) is 10.6. The molecule has 1 N–H and O–H groups in total. The second kappa shape index (κ2) is 4.83. The van der Waals surface area contributed by atoms with Crippen LogP contribution in [0, 0.1) is 5.92 Å². The number of aromatic nitrogens is 2. The van der Waals surface area contributed by atoms with Crippen molar-refractivity contribution in [2.24, 2.45) is 5.92 Å². The van der Waals surface area contributed by atoms with Gasteiger partial charge in [-0.1, -0.05) is 18.5 Å². The largest absolute Gasteiger partial charge is 0.386 e. The molecule has 1 aromatic rings. The van der Waals surface area contributed by atoms with Gasteiger partial charge < -0.3 is 9.84 Å². The number of aliphatic hydroxyl groups is 1. The van der Waals surface area contributed by atoms with Gasteiger partial charge in [0.2, 0.25) is 0 Å². The van der Waals surface area contributed by atoms with Gasteiger partial charge in [0.25, 0.3) is 0 Å². The molecule has 18 heavy (non-hydrogen) atoms. The van der Waals surface area contributed by atoms with Gasteiger partial charge in [-0.3, -0.25) is 4.68 Å². The standard InChI is InChI=1S/C13H19ClN2O2/c1-2-5-16-12(10(14)7-15-16)13(17)9-6-8-3-4-11(9)18-8/h7-9,11,13,17H,2-6H2,1H3. The second-order valence-corrected chi connectivity index (χ2v) is 5.73. The predicted octanol–water partition coefficient (Wildman–Crippen LogP) is 2.55. The fourth-order valence-corrected chi connectivity index (χ4v) is 3.52. The van der Waals surface area contributed by atoms with E-state index in [0.29, 0.717) is 11.1 Å². The lowest BCUT2D eigenvalue weighted by molar-refractivity contribution is 0.0380. The first-order valence-corrected chi connectivity index (χ1v) is 7.13. The molecule has 2 aliphatic rings. The number of hydrogen-bond acceptors (Lipinski definition) is 3. The van der Waals surface area contributed by atoms with Crippen LogP contribution in [-0.4, -0.2) is 27.1 Å². The highest BCUT2D eigenvalue weighted by Gasteiger charge is 2.45. The second-order valence-electron chi connectivity index (χ2n) is 5.32. The number of aliphatic hydroxyl groups excluding tert-OH is 1. The number of nitrogens with zero attached hydrogens (tertiary/aromatic N) is 2. The molecular formula is C13H19ClN2O2. The summed E-state index contributed by atoms with van der Waals surface area (Å²) in [6.07, 6.45) is 5.74. The summed E-state index contributed by atoms with van der Waals surface area (Å²) in [6.45, 7) is 2.88. The van der Waals surface area contributed by atoms with Crippen LogP contribution in [0.2, 0.25) is 5.02 Å². The Morgan fingerprint density at radius 1 is 1.61 bits per heavy atom. The molecule has 3 heterocycles. The van der Waals surface area contributed by atoms with Crippen molar-refractivity contribution >= 4 is 11.6 Å². The van der Waals surface area contributed by atoms with Crippen LogP contribution in [0.25, 0.3) is 0 Å². The van der Waals surface area contributed by atoms with Gasteiger partial charge in [-0.25, -0.2) is 0 Å². The molecule has 4 nitrogen and oxygen atoms in total. The third kappa shape index (κ3) is 1.96. The summed E-state index contributed by atoms with van der Waals surface area (Å²) >= 11 is 6.17. The minimum atomic E-state index is -0.554. The summed E-state index contributed by atoms with van der Waals surface area (Å²) in [6, 6.07) is 0. The Hall–Kier alpha value is -0.580. The fraction of sp³-hybridized carbons (Fsp3) is 0.769. The highest BCUT2D eigenvalue weighted by atomic mass is 35.5. The Labute approximate surface area is 112 Å². The van der Waals surface area contributed by atoms with E-state index < -0.39 is 6.10 Å². The lowest BCUT2D eigenvalue weighted by Crippen LogP contribution is -2.25. The van der Waals surface area contributed by atoms with Crippen molar-refractivity contribution in [3.63, 3.8) is 0 Å². The molecule has 3 rings (SSSR count). The van der Waals surface area contributed by atoms with Crippen molar-refractivity contribution in [2.45, 2.75) is 57.5 Å². The van der Waals surface area contributed by atoms with E-state index in [4.69, 9.17) is 16.3 Å². The molecule has 0 saturated carbocycles. The highest BCUT2D eigenvalue weighted by molar-refractivity contribution is 6.31. The number of fused-ring (bicyclic) bond motifs is 2. The predicted molar refractivity (Wildman–Crippen MR) is 68.5 cm³/mol. The molecule has 2 bridgehead atoms. The Morgan fingerprint density at radius 2 is 2.44 bits per heavy atom. The number of rotatable bonds is 4. The Kier molecular flexibility index (Phi) is 3.34. The summed E-state index contributed by atoms with van der Waals surface area (Å²) in [4.78, 5) is 0. The number of ether oxygens (including phenoxy) is 1. The van der Waals surface area contributed by atoms with E-state index in [1.165, 1.54) is 0 Å². The molecule has 4 atom stereocenters. The molecule has 1 aromatic heterocycles. The average molecular weight is 271 g/mol. The SMILES string of the molecule is CCCn1ncc(Cl)c1C(O)C1CC2CCC1O2. The molecule has 0 amide bonds. The summed E-state index contributed by atoms with van der Waals surface area (Å²) < 4.78 is 7.64. The Balaban J connectivity index is 1.83. The minimum absolute atomic E-state index is 0.175. The highest BCUT2D eigenvalue weighted by Crippen LogP contribution is 2.45. The molecular weight excluding hydrogens is 252 g/mol. The third-order valence-electron chi connectivity index (χ3n) is 4.11. The van der Waals surface area contributed by atoms with Crippen LogP contribution in [0.3, 0.4) is 0 Å². The lowest BCUT2D eigenvalue weighted by atomic mass is 9.84. The zero-order valence-corrected chi connectivity index (χ0v) is 11.3. The smallest absolute Gasteiger partial charge is 0.103 e. The van der Waals surface area contributed by atoms with Crippen molar-refractivity contribution in [3.05, 3.63) is 16.9 Å². The maximum Gasteiger partial charge on any atom is 0.103 e. The molecule has 0 spiro atoms. The molecule has 4 unspecified atom stereocenters. The molecule has 5 heteroatoms. The van der Waals surface area contributed by atoms with E-state index in [0.717, 1.165) is 37.9 Å². The van der Waals surface area contributed by atoms with Crippen LogP contribution in [0.1, 0.15) is 44.4 Å². The van der Waals surface area contributed by atoms with Gasteiger partial charge in [0.05, 0.1) is 29.1 Å². The van der Waals surface area contributed by atoms with Gasteiger partial charge >= 0.3 is 0 Å². The van der Waals surface area contributed by atoms with Gasteiger partial charge in [0, 0.05) is 12.5 Å². The van der Waals surface area contributed by atoms with E-state index >= 15 is 0 Å². The Morgan fingerprint density at radius 3 is 3.06 bits per heavy atom. The minimum Gasteiger partial charge on any atom is -0.386 e. The monoisotopic (exact) mass is 270 g/mol. The van der Waals surface area contributed by atoms with E-state index in [-0.39, 0.29) is 12.0 Å². The number of hydrogen-bond donors (Lipinski definition) is 1. The van der Waals surface area contributed by atoms with Crippen LogP contribution in [0.4, 0.5) is 0 Å². The first-order valence-electron chi connectivity index (χ1n) is 6.75. The van der Waals surface area contributed by atoms with Crippen molar-refractivity contribution in [1.29, 1.82) is 0 Å². The van der Waals surface area contributed by atoms with Crippen LogP contribution < -0.4 is 0 Å². The summed E-state index contributed by atoms with van der Waals surface area (Å²) in [5.41, 5.74) is 0.764. The Bertz CT molecular complexity index is 435. The van der Waals surface area contributed by atoms with Crippen LogP contribution in [0.15, 0.2) is 6.20 Å². The molecule has 2 aliphatic heterocycles. The normalized spacial score (nSPS) is 32.1. The van der Waals surface area contributed by atoms with Gasteiger partial charge in [0.1, 0.15) is 6.10 Å². The maximum absolute atomic E-state index is 10.6. The first kappa shape index (κ1) is 12.5. The van der Waals surface area contributed by atoms with E-state index in [9.17, 15) is 5.11 Å². The van der Waals surface area contributed by atoms with E-state index in [1.807, 2.05) is 4.68 Å². The summed E-state index contributed by atoms with van der Waals surface area (Å²) in [7, 11) is 0. The lowest BCUT2D eigenvalue weighted by Gasteiger charge is -2.25. The van der Waals surface area contributed by atoms with Crippen molar-refractivity contribution in [1.82, 2.24) is 9.78 Å². The number of aryl methyl sites for hydroxylation is 1. The summed E-state index contributed by atoms with van der Waals surface area (Å²) in [5, 5.41) is 15.4. The molecule has 100 valence electrons. The van der Waals surface area contributed by atoms with Gasteiger partial charge in [-0.05, 0) is 25.7 Å². The van der Waals surface area contributed by atoms with Crippen molar-refractivity contribution < 1.29 is 9.84 Å². The molecule has 0 radical (unpaired) electrons. The van der Waals surface area contributed by atoms with Gasteiger partial charge in [0.15, 0.2) is 0 Å². The van der Waals surface area contributed by atoms with E-state index in [2.05, 4.69) is 12.0 Å². The summed E-state index contributed by atoms with van der Waals surface area (Å²) in [5.74, 6) is 0.175. The third-order valence-corrected chi connectivity index (χ3v) is 4.40. The molecule has 0 aromatic carbocycles. The maximum atomic E-state index is 10.6. The van der Waals surface area contributed by atoms with Crippen LogP contribution in [-0.2, 0) is 11.3 Å². The first-order chi connectivity index (χ1) is 8.70. The fourth-order valence-electron chi connectivity index (χ4n) is 3.27. The zero-order chi connectivity index (χ0) is 12.7. The molecule has 0 aliphatic carbocycles. The topological polar surface area (TPSA) is 47.3 Å². The van der Waals surface area contributed by atoms with Crippen molar-refractivity contribution in [2.75, 3.05) is 0 Å². The number of halogens is 1. The van der Waals surface area contributed by atoms with Crippen molar-refractivity contribution in [3.8, 4) is 0 Å². The molecule has 2 fully saturated rings. The van der Waals surface area contributed by atoms with E-state index in [1.54, 1.807) is 6.20 Å². The van der Waals surface area contributed by atoms with Crippen LogP contribution in [0.5, 0.6) is 0 Å². The van der Waals surface area contributed by atoms with Crippen LogP contribution >= 0.6 is 11.6 Å². The quantitative estimate of drug-likeness (QED) is 0.915. The van der Waals surface area contributed by atoms with Gasteiger partial charge in [-0.15, -0.1) is 0 Å². The average Bonchev–Trinajstić information content (AvgIpc) is 3.04. The molecule has 2 saturated heterocycles. The van der Waals surface area contributed by atoms with Gasteiger partial charge in [-0.2, -0.15) is 5.10 Å².